The van der Waals surface area contributed by atoms with Gasteiger partial charge in [0.05, 0.1) is 11.5 Å². The second-order valence-corrected chi connectivity index (χ2v) is 3.66. The lowest BCUT2D eigenvalue weighted by Crippen LogP contribution is -2.41. The number of nitro benzene ring substituents is 1. The molecule has 0 saturated carbocycles. The molecule has 0 aromatic heterocycles. The highest BCUT2D eigenvalue weighted by molar-refractivity contribution is 5.98. The quantitative estimate of drug-likeness (QED) is 0.515. The van der Waals surface area contributed by atoms with Gasteiger partial charge in [-0.1, -0.05) is 0 Å². The molecule has 5 nitrogen and oxygen atoms in total. The number of nitrogens with zero attached hydrogens (tertiary/aromatic N) is 1. The molecule has 20 heavy (non-hydrogen) atoms. The lowest BCUT2D eigenvalue weighted by molar-refractivity contribution is -0.385. The molecular weight excluding hydrogens is 291 g/mol. The summed E-state index contributed by atoms with van der Waals surface area (Å²) in [7, 11) is 0. The van der Waals surface area contributed by atoms with Crippen LogP contribution < -0.4 is 5.32 Å². The van der Waals surface area contributed by atoms with Crippen LogP contribution in [0.5, 0.6) is 0 Å². The molecule has 1 amide bonds. The van der Waals surface area contributed by atoms with Crippen molar-refractivity contribution >= 4 is 11.6 Å². The zero-order valence-electron chi connectivity index (χ0n) is 9.58. The fourth-order valence-corrected chi connectivity index (χ4v) is 1.22. The van der Waals surface area contributed by atoms with E-state index in [1.54, 1.807) is 0 Å². The van der Waals surface area contributed by atoms with Crippen molar-refractivity contribution in [2.45, 2.75) is 12.3 Å². The van der Waals surface area contributed by atoms with E-state index in [0.29, 0.717) is 18.2 Å². The van der Waals surface area contributed by atoms with Gasteiger partial charge in [0.1, 0.15) is 11.4 Å². The molecule has 0 fully saturated rings. The van der Waals surface area contributed by atoms with Crippen molar-refractivity contribution in [3.8, 4) is 0 Å². The fraction of sp³-hybridized carbons (Fsp3) is 0.300. The van der Waals surface area contributed by atoms with E-state index >= 15 is 0 Å². The van der Waals surface area contributed by atoms with Gasteiger partial charge in [0, 0.05) is 6.07 Å². The number of rotatable bonds is 5. The van der Waals surface area contributed by atoms with Crippen molar-refractivity contribution in [1.82, 2.24) is 5.32 Å². The third kappa shape index (κ3) is 3.62. The lowest BCUT2D eigenvalue weighted by Gasteiger charge is -2.15. The second-order valence-electron chi connectivity index (χ2n) is 3.66. The number of benzene rings is 1. The topological polar surface area (TPSA) is 72.2 Å². The first kappa shape index (κ1) is 15.8. The molecule has 0 unspecified atom stereocenters. The Morgan fingerprint density at radius 3 is 2.50 bits per heavy atom. The third-order valence-electron chi connectivity index (χ3n) is 2.20. The van der Waals surface area contributed by atoms with E-state index in [0.717, 1.165) is 0 Å². The van der Waals surface area contributed by atoms with Crippen LogP contribution in [0.4, 0.5) is 27.6 Å². The number of carbonyl (C=O) groups excluding carboxylic acids is 1. The smallest absolute Gasteiger partial charge is 0.324 e. The molecule has 1 N–H and O–H groups in total. The number of alkyl halides is 4. The molecule has 0 heterocycles. The summed E-state index contributed by atoms with van der Waals surface area (Å²) >= 11 is 0. The van der Waals surface area contributed by atoms with E-state index < -0.39 is 46.8 Å². The van der Waals surface area contributed by atoms with Gasteiger partial charge in [-0.05, 0) is 12.1 Å². The first-order valence-corrected chi connectivity index (χ1v) is 5.03. The van der Waals surface area contributed by atoms with Crippen LogP contribution in [0.2, 0.25) is 0 Å². The minimum absolute atomic E-state index is 0.452. The average molecular weight is 298 g/mol. The summed E-state index contributed by atoms with van der Waals surface area (Å²) in [4.78, 5) is 21.0. The Morgan fingerprint density at radius 2 is 2.00 bits per heavy atom. The molecule has 0 aliphatic heterocycles. The summed E-state index contributed by atoms with van der Waals surface area (Å²) in [5.41, 5.74) is -1.66. The Morgan fingerprint density at radius 1 is 1.40 bits per heavy atom. The molecular formula is C10H7F5N2O3. The summed E-state index contributed by atoms with van der Waals surface area (Å²) in [5, 5.41) is 12.0. The molecule has 110 valence electrons. The lowest BCUT2D eigenvalue weighted by atomic mass is 10.1. The Balaban J connectivity index is 2.93. The van der Waals surface area contributed by atoms with Crippen molar-refractivity contribution < 1.29 is 31.7 Å². The number of hydrogen-bond acceptors (Lipinski definition) is 3. The van der Waals surface area contributed by atoms with Gasteiger partial charge in [-0.25, -0.2) is 13.2 Å². The first-order chi connectivity index (χ1) is 9.15. The van der Waals surface area contributed by atoms with Gasteiger partial charge in [-0.15, -0.1) is 0 Å². The van der Waals surface area contributed by atoms with Crippen LogP contribution in [0.15, 0.2) is 18.2 Å². The highest BCUT2D eigenvalue weighted by Crippen LogP contribution is 2.23. The minimum atomic E-state index is -4.49. The summed E-state index contributed by atoms with van der Waals surface area (Å²) in [6.07, 6.45) is -4.01. The summed E-state index contributed by atoms with van der Waals surface area (Å²) in [5.74, 6) is -6.95. The molecule has 1 rings (SSSR count). The third-order valence-corrected chi connectivity index (χ3v) is 2.20. The standard InChI is InChI=1S/C10H7F5N2O3/c11-5-1-2-7(17(19)20)6(3-5)8(18)16-4-10(14,15)9(12)13/h1-3,9H,4H2,(H,16,18). The van der Waals surface area contributed by atoms with Crippen molar-refractivity contribution in [2.75, 3.05) is 6.54 Å². The molecule has 1 aromatic rings. The van der Waals surface area contributed by atoms with Crippen molar-refractivity contribution in [3.63, 3.8) is 0 Å². The summed E-state index contributed by atoms with van der Waals surface area (Å²) in [6, 6.07) is 1.81. The fourth-order valence-electron chi connectivity index (χ4n) is 1.22. The number of carbonyl (C=O) groups is 1. The number of hydrogen-bond donors (Lipinski definition) is 1. The van der Waals surface area contributed by atoms with E-state index in [2.05, 4.69) is 0 Å². The van der Waals surface area contributed by atoms with Gasteiger partial charge in [-0.3, -0.25) is 14.9 Å². The van der Waals surface area contributed by atoms with Crippen LogP contribution in [0.3, 0.4) is 0 Å². The first-order valence-electron chi connectivity index (χ1n) is 5.03. The monoisotopic (exact) mass is 298 g/mol. The van der Waals surface area contributed by atoms with Crippen LogP contribution in [0.25, 0.3) is 0 Å². The number of amides is 1. The minimum Gasteiger partial charge on any atom is -0.346 e. The van der Waals surface area contributed by atoms with E-state index in [4.69, 9.17) is 0 Å². The van der Waals surface area contributed by atoms with Crippen molar-refractivity contribution in [2.24, 2.45) is 0 Å². The average Bonchev–Trinajstić information content (AvgIpc) is 2.35. The van der Waals surface area contributed by atoms with Gasteiger partial charge >= 0.3 is 12.3 Å². The molecule has 1 aromatic carbocycles. The maximum atomic E-state index is 12.9. The number of halogens is 5. The van der Waals surface area contributed by atoms with Gasteiger partial charge < -0.3 is 5.32 Å². The van der Waals surface area contributed by atoms with E-state index in [1.807, 2.05) is 0 Å². The zero-order chi connectivity index (χ0) is 15.5. The van der Waals surface area contributed by atoms with Crippen LogP contribution in [-0.4, -0.2) is 29.7 Å². The molecule has 0 saturated heterocycles. The molecule has 0 spiro atoms. The Bertz CT molecular complexity index is 536. The maximum Gasteiger partial charge on any atom is 0.324 e. The highest BCUT2D eigenvalue weighted by atomic mass is 19.3. The second kappa shape index (κ2) is 5.80. The van der Waals surface area contributed by atoms with Gasteiger partial charge in [0.25, 0.3) is 11.6 Å². The SMILES string of the molecule is O=C(NCC(F)(F)C(F)F)c1cc(F)ccc1[N+](=O)[O-]. The normalized spacial score (nSPS) is 11.5. The maximum absolute atomic E-state index is 12.9. The summed E-state index contributed by atoms with van der Waals surface area (Å²) < 4.78 is 61.8. The molecule has 10 heteroatoms. The molecule has 0 radical (unpaired) electrons. The van der Waals surface area contributed by atoms with Crippen LogP contribution in [-0.2, 0) is 0 Å². The predicted octanol–water partition coefficient (Wildman–Crippen LogP) is 2.36. The Kier molecular flexibility index (Phi) is 4.58. The van der Waals surface area contributed by atoms with Gasteiger partial charge in [-0.2, -0.15) is 8.78 Å². The van der Waals surface area contributed by atoms with Crippen molar-refractivity contribution in [1.29, 1.82) is 0 Å². The largest absolute Gasteiger partial charge is 0.346 e. The van der Waals surface area contributed by atoms with Crippen LogP contribution in [0.1, 0.15) is 10.4 Å². The van der Waals surface area contributed by atoms with Gasteiger partial charge in [0.15, 0.2) is 0 Å². The van der Waals surface area contributed by atoms with E-state index in [9.17, 15) is 36.9 Å². The molecule has 0 aliphatic rings. The van der Waals surface area contributed by atoms with Gasteiger partial charge in [0.2, 0.25) is 0 Å². The molecule has 0 atom stereocenters. The molecule has 0 bridgehead atoms. The van der Waals surface area contributed by atoms with Crippen molar-refractivity contribution in [3.05, 3.63) is 39.7 Å². The highest BCUT2D eigenvalue weighted by Gasteiger charge is 2.41. The zero-order valence-corrected chi connectivity index (χ0v) is 9.58. The number of nitrogens with one attached hydrogen (secondary N) is 1. The predicted molar refractivity (Wildman–Crippen MR) is 56.3 cm³/mol. The Labute approximate surface area is 108 Å². The van der Waals surface area contributed by atoms with E-state index in [-0.39, 0.29) is 0 Å². The van der Waals surface area contributed by atoms with Crippen LogP contribution in [0, 0.1) is 15.9 Å². The number of nitro groups is 1. The van der Waals surface area contributed by atoms with Crippen LogP contribution >= 0.6 is 0 Å². The summed E-state index contributed by atoms with van der Waals surface area (Å²) in [6.45, 7) is -1.73. The molecule has 0 aliphatic carbocycles. The Hall–Kier alpha value is -2.26. The van der Waals surface area contributed by atoms with E-state index in [1.165, 1.54) is 5.32 Å².